The zero-order chi connectivity index (χ0) is 12.8. The zero-order valence-corrected chi connectivity index (χ0v) is 11.3. The fourth-order valence-electron chi connectivity index (χ4n) is 2.25. The van der Waals surface area contributed by atoms with E-state index in [1.807, 2.05) is 24.3 Å². The topological polar surface area (TPSA) is 32.3 Å². The second-order valence-electron chi connectivity index (χ2n) is 4.78. The Morgan fingerprint density at radius 2 is 2.06 bits per heavy atom. The Labute approximate surface area is 114 Å². The molecule has 1 unspecified atom stereocenters. The van der Waals surface area contributed by atoms with Crippen LogP contribution < -0.4 is 5.32 Å². The van der Waals surface area contributed by atoms with Crippen LogP contribution in [0.2, 0.25) is 5.02 Å². The lowest BCUT2D eigenvalue weighted by Crippen LogP contribution is -2.22. The number of aliphatic hydroxyl groups excluding tert-OH is 1. The first kappa shape index (κ1) is 13.6. The highest BCUT2D eigenvalue weighted by Gasteiger charge is 2.07. The maximum Gasteiger partial charge on any atom is 0.0914 e. The molecule has 0 saturated heterocycles. The maximum absolute atomic E-state index is 9.98. The Balaban J connectivity index is 1.68. The first-order valence-corrected chi connectivity index (χ1v) is 6.95. The van der Waals surface area contributed by atoms with E-state index in [0.717, 1.165) is 18.5 Å². The SMILES string of the molecule is OC(CNCCC1=CCCC1)c1ccc(Cl)cc1. The van der Waals surface area contributed by atoms with Gasteiger partial charge in [-0.15, -0.1) is 0 Å². The van der Waals surface area contributed by atoms with Crippen molar-refractivity contribution in [3.05, 3.63) is 46.5 Å². The minimum Gasteiger partial charge on any atom is -0.387 e. The van der Waals surface area contributed by atoms with E-state index in [4.69, 9.17) is 11.6 Å². The van der Waals surface area contributed by atoms with E-state index in [0.29, 0.717) is 11.6 Å². The monoisotopic (exact) mass is 265 g/mol. The Bertz CT molecular complexity index is 399. The third kappa shape index (κ3) is 4.13. The molecule has 3 heteroatoms. The highest BCUT2D eigenvalue weighted by Crippen LogP contribution is 2.20. The minimum atomic E-state index is -0.458. The van der Waals surface area contributed by atoms with Gasteiger partial charge in [0.15, 0.2) is 0 Å². The quantitative estimate of drug-likeness (QED) is 0.610. The van der Waals surface area contributed by atoms with E-state index in [2.05, 4.69) is 11.4 Å². The van der Waals surface area contributed by atoms with Crippen molar-refractivity contribution in [3.8, 4) is 0 Å². The fraction of sp³-hybridized carbons (Fsp3) is 0.467. The highest BCUT2D eigenvalue weighted by atomic mass is 35.5. The molecule has 98 valence electrons. The molecule has 0 bridgehead atoms. The van der Waals surface area contributed by atoms with Gasteiger partial charge in [-0.2, -0.15) is 0 Å². The number of allylic oxidation sites excluding steroid dienone is 1. The van der Waals surface area contributed by atoms with E-state index in [-0.39, 0.29) is 0 Å². The largest absolute Gasteiger partial charge is 0.387 e. The van der Waals surface area contributed by atoms with Gasteiger partial charge in [0.05, 0.1) is 6.10 Å². The molecule has 2 nitrogen and oxygen atoms in total. The Kier molecular flexibility index (Phi) is 5.24. The van der Waals surface area contributed by atoms with Crippen LogP contribution in [0, 0.1) is 0 Å². The number of rotatable bonds is 6. The Morgan fingerprint density at radius 1 is 1.28 bits per heavy atom. The van der Waals surface area contributed by atoms with Crippen LogP contribution in [0.3, 0.4) is 0 Å². The number of hydrogen-bond donors (Lipinski definition) is 2. The maximum atomic E-state index is 9.98. The van der Waals surface area contributed by atoms with E-state index in [9.17, 15) is 5.11 Å². The van der Waals surface area contributed by atoms with Gasteiger partial charge in [-0.1, -0.05) is 35.4 Å². The third-order valence-corrected chi connectivity index (χ3v) is 3.60. The molecule has 0 amide bonds. The molecule has 0 saturated carbocycles. The molecule has 2 rings (SSSR count). The highest BCUT2D eigenvalue weighted by molar-refractivity contribution is 6.30. The molecule has 0 aliphatic heterocycles. The fourth-order valence-corrected chi connectivity index (χ4v) is 2.38. The number of halogens is 1. The van der Waals surface area contributed by atoms with Crippen LogP contribution in [0.15, 0.2) is 35.9 Å². The molecule has 0 spiro atoms. The molecular weight excluding hydrogens is 246 g/mol. The van der Waals surface area contributed by atoms with Gasteiger partial charge < -0.3 is 10.4 Å². The summed E-state index contributed by atoms with van der Waals surface area (Å²) in [5, 5.41) is 14.0. The minimum absolute atomic E-state index is 0.458. The van der Waals surface area contributed by atoms with Gasteiger partial charge in [-0.3, -0.25) is 0 Å². The summed E-state index contributed by atoms with van der Waals surface area (Å²) in [7, 11) is 0. The molecular formula is C15H20ClNO. The van der Waals surface area contributed by atoms with Gasteiger partial charge in [0, 0.05) is 11.6 Å². The summed E-state index contributed by atoms with van der Waals surface area (Å²) >= 11 is 5.81. The summed E-state index contributed by atoms with van der Waals surface area (Å²) in [4.78, 5) is 0. The van der Waals surface area contributed by atoms with Gasteiger partial charge in [-0.05, 0) is 49.9 Å². The van der Waals surface area contributed by atoms with Gasteiger partial charge in [-0.25, -0.2) is 0 Å². The van der Waals surface area contributed by atoms with E-state index < -0.39 is 6.10 Å². The molecule has 1 aliphatic carbocycles. The van der Waals surface area contributed by atoms with E-state index >= 15 is 0 Å². The van der Waals surface area contributed by atoms with Gasteiger partial charge in [0.1, 0.15) is 0 Å². The summed E-state index contributed by atoms with van der Waals surface area (Å²) in [5.41, 5.74) is 2.47. The van der Waals surface area contributed by atoms with Crippen LogP contribution in [0.1, 0.15) is 37.4 Å². The Hall–Kier alpha value is -0.830. The summed E-state index contributed by atoms with van der Waals surface area (Å²) in [6.45, 7) is 1.53. The summed E-state index contributed by atoms with van der Waals surface area (Å²) < 4.78 is 0. The summed E-state index contributed by atoms with van der Waals surface area (Å²) in [6, 6.07) is 7.36. The number of hydrogen-bond acceptors (Lipinski definition) is 2. The van der Waals surface area contributed by atoms with Crippen molar-refractivity contribution in [2.24, 2.45) is 0 Å². The van der Waals surface area contributed by atoms with Crippen LogP contribution in [0.5, 0.6) is 0 Å². The zero-order valence-electron chi connectivity index (χ0n) is 10.5. The van der Waals surface area contributed by atoms with Gasteiger partial charge >= 0.3 is 0 Å². The molecule has 18 heavy (non-hydrogen) atoms. The van der Waals surface area contributed by atoms with Crippen LogP contribution in [0.25, 0.3) is 0 Å². The van der Waals surface area contributed by atoms with Crippen molar-refractivity contribution in [1.82, 2.24) is 5.32 Å². The van der Waals surface area contributed by atoms with Crippen LogP contribution >= 0.6 is 11.6 Å². The summed E-state index contributed by atoms with van der Waals surface area (Å²) in [6.07, 6.45) is 6.79. The first-order valence-electron chi connectivity index (χ1n) is 6.58. The van der Waals surface area contributed by atoms with Crippen LogP contribution in [0.4, 0.5) is 0 Å². The molecule has 0 heterocycles. The average molecular weight is 266 g/mol. The molecule has 0 radical (unpaired) electrons. The first-order chi connectivity index (χ1) is 8.75. The smallest absolute Gasteiger partial charge is 0.0914 e. The molecule has 0 aromatic heterocycles. The molecule has 2 N–H and O–H groups in total. The Morgan fingerprint density at radius 3 is 2.72 bits per heavy atom. The second kappa shape index (κ2) is 6.93. The predicted octanol–water partition coefficient (Wildman–Crippen LogP) is 3.46. The third-order valence-electron chi connectivity index (χ3n) is 3.35. The molecule has 1 atom stereocenters. The van der Waals surface area contributed by atoms with Gasteiger partial charge in [0.25, 0.3) is 0 Å². The molecule has 0 fully saturated rings. The number of benzene rings is 1. The summed E-state index contributed by atoms with van der Waals surface area (Å²) in [5.74, 6) is 0. The average Bonchev–Trinajstić information content (AvgIpc) is 2.88. The number of nitrogens with one attached hydrogen (secondary N) is 1. The van der Waals surface area contributed by atoms with Crippen molar-refractivity contribution in [1.29, 1.82) is 0 Å². The van der Waals surface area contributed by atoms with E-state index in [1.54, 1.807) is 5.57 Å². The lowest BCUT2D eigenvalue weighted by Gasteiger charge is -2.12. The normalized spacial score (nSPS) is 16.7. The van der Waals surface area contributed by atoms with Crippen LogP contribution in [-0.4, -0.2) is 18.2 Å². The lowest BCUT2D eigenvalue weighted by molar-refractivity contribution is 0.175. The van der Waals surface area contributed by atoms with Crippen LogP contribution in [-0.2, 0) is 0 Å². The second-order valence-corrected chi connectivity index (χ2v) is 5.21. The predicted molar refractivity (Wildman–Crippen MR) is 75.8 cm³/mol. The molecule has 1 aromatic carbocycles. The molecule has 1 aromatic rings. The van der Waals surface area contributed by atoms with Crippen molar-refractivity contribution < 1.29 is 5.11 Å². The lowest BCUT2D eigenvalue weighted by atomic mass is 10.1. The van der Waals surface area contributed by atoms with Crippen molar-refractivity contribution in [2.75, 3.05) is 13.1 Å². The standard InChI is InChI=1S/C15H20ClNO/c16-14-7-5-13(6-8-14)15(18)11-17-10-9-12-3-1-2-4-12/h3,5-8,15,17-18H,1-2,4,9-11H2. The van der Waals surface area contributed by atoms with Crippen molar-refractivity contribution in [2.45, 2.75) is 31.8 Å². The molecule has 1 aliphatic rings. The van der Waals surface area contributed by atoms with Crippen molar-refractivity contribution >= 4 is 11.6 Å². The number of aliphatic hydroxyl groups is 1. The van der Waals surface area contributed by atoms with Gasteiger partial charge in [0.2, 0.25) is 0 Å². The van der Waals surface area contributed by atoms with E-state index in [1.165, 1.54) is 19.3 Å². The van der Waals surface area contributed by atoms with Crippen molar-refractivity contribution in [3.63, 3.8) is 0 Å².